The molecule has 0 radical (unpaired) electrons. The van der Waals surface area contributed by atoms with Gasteiger partial charge in [-0.05, 0) is 49.5 Å². The predicted octanol–water partition coefficient (Wildman–Crippen LogP) is 3.76. The molecule has 14 heteroatoms. The fourth-order valence-corrected chi connectivity index (χ4v) is 7.09. The van der Waals surface area contributed by atoms with E-state index >= 15 is 0 Å². The summed E-state index contributed by atoms with van der Waals surface area (Å²) in [4.78, 5) is 63.7. The second-order valence-corrected chi connectivity index (χ2v) is 15.5. The molecule has 1 saturated carbocycles. The van der Waals surface area contributed by atoms with Crippen molar-refractivity contribution >= 4 is 23.9 Å². The van der Waals surface area contributed by atoms with Crippen molar-refractivity contribution in [2.75, 3.05) is 53.5 Å². The van der Waals surface area contributed by atoms with Crippen LogP contribution in [0.25, 0.3) is 0 Å². The first-order valence-electron chi connectivity index (χ1n) is 19.7. The Morgan fingerprint density at radius 1 is 0.944 bits per heavy atom. The molecule has 1 aliphatic carbocycles. The molecule has 2 aliphatic rings. The van der Waals surface area contributed by atoms with E-state index in [4.69, 9.17) is 9.47 Å². The van der Waals surface area contributed by atoms with Crippen LogP contribution >= 0.6 is 0 Å². The van der Waals surface area contributed by atoms with Crippen LogP contribution in [0.2, 0.25) is 0 Å². The van der Waals surface area contributed by atoms with Gasteiger partial charge < -0.3 is 44.5 Å². The average molecular weight is 754 g/mol. The summed E-state index contributed by atoms with van der Waals surface area (Å²) >= 11 is 0. The van der Waals surface area contributed by atoms with Crippen molar-refractivity contribution in [1.29, 1.82) is 0 Å². The number of carbonyl (C=O) groups excluding carboxylic acids is 4. The van der Waals surface area contributed by atoms with Crippen molar-refractivity contribution in [3.63, 3.8) is 0 Å². The summed E-state index contributed by atoms with van der Waals surface area (Å²) in [6.45, 7) is 6.71. The Labute approximate surface area is 320 Å². The van der Waals surface area contributed by atoms with Crippen LogP contribution in [-0.2, 0) is 39.0 Å². The van der Waals surface area contributed by atoms with Crippen LogP contribution in [0.3, 0.4) is 0 Å². The predicted molar refractivity (Wildman–Crippen MR) is 206 cm³/mol. The molecule has 14 nitrogen and oxygen atoms in total. The normalized spacial score (nSPS) is 17.3. The number of aryl methyl sites for hydroxylation is 1. The minimum atomic E-state index is -1.25. The Kier molecular flexibility index (Phi) is 17.1. The fraction of sp³-hybridized carbons (Fsp3) is 0.675. The van der Waals surface area contributed by atoms with E-state index in [0.29, 0.717) is 50.8 Å². The van der Waals surface area contributed by atoms with Gasteiger partial charge in [-0.15, -0.1) is 0 Å². The van der Waals surface area contributed by atoms with Crippen LogP contribution in [0.5, 0.6) is 0 Å². The van der Waals surface area contributed by atoms with Crippen LogP contribution in [-0.4, -0.2) is 131 Å². The van der Waals surface area contributed by atoms with Gasteiger partial charge in [0.1, 0.15) is 6.04 Å². The van der Waals surface area contributed by atoms with Crippen molar-refractivity contribution < 1.29 is 33.8 Å². The summed E-state index contributed by atoms with van der Waals surface area (Å²) in [7, 11) is 5.08. The molecule has 2 fully saturated rings. The topological polar surface area (TPSA) is 159 Å². The Morgan fingerprint density at radius 3 is 2.28 bits per heavy atom. The Balaban J connectivity index is 1.48. The maximum Gasteiger partial charge on any atom is 0.410 e. The van der Waals surface area contributed by atoms with Gasteiger partial charge in [0.25, 0.3) is 5.91 Å². The van der Waals surface area contributed by atoms with E-state index in [2.05, 4.69) is 29.5 Å². The van der Waals surface area contributed by atoms with E-state index in [-0.39, 0.29) is 49.8 Å². The molecule has 4 atom stereocenters. The number of aromatic nitrogens is 2. The molecule has 4 rings (SSSR count). The lowest BCUT2D eigenvalue weighted by Gasteiger charge is -2.34. The number of hydrogen-bond acceptors (Lipinski definition) is 8. The third-order valence-corrected chi connectivity index (χ3v) is 10.4. The number of nitrogens with zero attached hydrogens (tertiary/aromatic N) is 5. The van der Waals surface area contributed by atoms with Gasteiger partial charge in [-0.1, -0.05) is 63.4 Å². The molecule has 0 spiro atoms. The maximum atomic E-state index is 14.2. The first kappa shape index (κ1) is 42.6. The number of benzene rings is 1. The van der Waals surface area contributed by atoms with E-state index in [1.165, 1.54) is 4.90 Å². The summed E-state index contributed by atoms with van der Waals surface area (Å²) in [5, 5.41) is 17.2. The number of carbonyl (C=O) groups is 4. The molecule has 1 aromatic carbocycles. The van der Waals surface area contributed by atoms with Crippen molar-refractivity contribution in [3.8, 4) is 0 Å². The molecular formula is C40H63N7O7. The van der Waals surface area contributed by atoms with Crippen LogP contribution in [0, 0.1) is 11.8 Å². The fourth-order valence-electron chi connectivity index (χ4n) is 7.09. The number of morpholine rings is 1. The number of nitrogens with one attached hydrogen (secondary N) is 2. The van der Waals surface area contributed by atoms with Gasteiger partial charge >= 0.3 is 12.1 Å². The zero-order valence-electron chi connectivity index (χ0n) is 33.0. The molecular weight excluding hydrogens is 690 g/mol. The Bertz CT molecular complexity index is 1460. The molecule has 5 amide bonds. The van der Waals surface area contributed by atoms with Crippen LogP contribution in [0.1, 0.15) is 76.5 Å². The lowest BCUT2D eigenvalue weighted by atomic mass is 9.81. The number of likely N-dealkylation sites (N-methyl/N-ethyl adjacent to an activating group) is 2. The standard InChI is InChI=1S/C40H63N7O7/c1-29(2)16-17-33(48)26-34(31-14-10-7-11-15-31)42-37(49)35(25-32-27-44(3)28-41-32)43-38(50)36(24-30-12-8-6-9-13-30)54-40(52)46(5)19-18-45(4)39(51)47-20-22-53-23-21-47/h6,8-9,12-13,27-29,31,33-36,48H,7,10-11,14-26H2,1-5H3,(H,42,49)(H,43,50)/t33-,34?,35-,36-/m0/s1. The highest BCUT2D eigenvalue weighted by Crippen LogP contribution is 2.29. The SMILES string of the molecule is CC(C)CC[C@H](O)CC(NC(=O)[C@H](Cc1cn(C)cn1)NC(=O)[C@H](Cc1ccccc1)OC(=O)N(C)CCN(C)C(=O)N1CCOCC1)C1CCCCC1. The monoisotopic (exact) mass is 753 g/mol. The highest BCUT2D eigenvalue weighted by Gasteiger charge is 2.34. The number of hydrogen-bond donors (Lipinski definition) is 3. The van der Waals surface area contributed by atoms with E-state index in [1.807, 2.05) is 37.4 Å². The molecule has 1 aromatic heterocycles. The smallest absolute Gasteiger partial charge is 0.410 e. The Morgan fingerprint density at radius 2 is 1.63 bits per heavy atom. The number of ether oxygens (including phenoxy) is 2. The highest BCUT2D eigenvalue weighted by atomic mass is 16.6. The zero-order chi connectivity index (χ0) is 39.0. The van der Waals surface area contributed by atoms with E-state index in [1.54, 1.807) is 41.0 Å². The number of amides is 5. The van der Waals surface area contributed by atoms with Gasteiger partial charge in [0.2, 0.25) is 5.91 Å². The molecule has 300 valence electrons. The van der Waals surface area contributed by atoms with Crippen molar-refractivity contribution in [2.45, 2.75) is 102 Å². The molecule has 2 heterocycles. The largest absolute Gasteiger partial charge is 0.436 e. The minimum absolute atomic E-state index is 0.0896. The van der Waals surface area contributed by atoms with E-state index in [0.717, 1.165) is 44.1 Å². The number of imidazole rings is 1. The molecule has 1 unspecified atom stereocenters. The van der Waals surface area contributed by atoms with Crippen LogP contribution in [0.4, 0.5) is 9.59 Å². The average Bonchev–Trinajstić information content (AvgIpc) is 3.59. The quantitative estimate of drug-likeness (QED) is 0.208. The lowest BCUT2D eigenvalue weighted by molar-refractivity contribution is -0.135. The Hall–Kier alpha value is -4.17. The van der Waals surface area contributed by atoms with Gasteiger partial charge in [0.05, 0.1) is 31.3 Å². The van der Waals surface area contributed by atoms with Gasteiger partial charge in [-0.3, -0.25) is 9.59 Å². The molecule has 1 saturated heterocycles. The third kappa shape index (κ3) is 13.9. The summed E-state index contributed by atoms with van der Waals surface area (Å²) in [6.07, 6.45) is 8.39. The minimum Gasteiger partial charge on any atom is -0.436 e. The first-order chi connectivity index (χ1) is 25.9. The van der Waals surface area contributed by atoms with Crippen molar-refractivity contribution in [1.82, 2.24) is 34.9 Å². The molecule has 3 N–H and O–H groups in total. The van der Waals surface area contributed by atoms with Crippen LogP contribution < -0.4 is 10.6 Å². The molecule has 0 bridgehead atoms. The first-order valence-corrected chi connectivity index (χ1v) is 19.7. The molecule has 54 heavy (non-hydrogen) atoms. The number of aliphatic hydroxyl groups excluding tert-OH is 1. The third-order valence-electron chi connectivity index (χ3n) is 10.4. The second-order valence-electron chi connectivity index (χ2n) is 15.5. The van der Waals surface area contributed by atoms with Crippen molar-refractivity contribution in [2.24, 2.45) is 18.9 Å². The van der Waals surface area contributed by atoms with Crippen molar-refractivity contribution in [3.05, 3.63) is 54.1 Å². The summed E-state index contributed by atoms with van der Waals surface area (Å²) in [6, 6.07) is 7.85. The number of rotatable bonds is 18. The maximum absolute atomic E-state index is 14.2. The van der Waals surface area contributed by atoms with Gasteiger partial charge in [0.15, 0.2) is 6.10 Å². The van der Waals surface area contributed by atoms with Crippen LogP contribution in [0.15, 0.2) is 42.9 Å². The van der Waals surface area contributed by atoms with Gasteiger partial charge in [0, 0.05) is 72.4 Å². The lowest BCUT2D eigenvalue weighted by Crippen LogP contribution is -2.55. The number of aliphatic hydroxyl groups is 1. The van der Waals surface area contributed by atoms with E-state index in [9.17, 15) is 24.3 Å². The molecule has 1 aliphatic heterocycles. The number of urea groups is 1. The summed E-state index contributed by atoms with van der Waals surface area (Å²) in [5.41, 5.74) is 1.40. The highest BCUT2D eigenvalue weighted by molar-refractivity contribution is 5.90. The second kappa shape index (κ2) is 21.7. The van der Waals surface area contributed by atoms with Gasteiger partial charge in [-0.25, -0.2) is 14.6 Å². The van der Waals surface area contributed by atoms with E-state index < -0.39 is 30.3 Å². The van der Waals surface area contributed by atoms with Gasteiger partial charge in [-0.2, -0.15) is 0 Å². The molecule has 2 aromatic rings. The summed E-state index contributed by atoms with van der Waals surface area (Å²) < 4.78 is 13.0. The summed E-state index contributed by atoms with van der Waals surface area (Å²) in [5.74, 6) is -0.282. The zero-order valence-corrected chi connectivity index (χ0v) is 33.0.